The molecule has 1 aliphatic rings. The van der Waals surface area contributed by atoms with Gasteiger partial charge in [-0.3, -0.25) is 4.79 Å². The normalized spacial score (nSPS) is 22.2. The van der Waals surface area contributed by atoms with Crippen LogP contribution in [0.15, 0.2) is 14.3 Å². The third-order valence-electron chi connectivity index (χ3n) is 3.65. The van der Waals surface area contributed by atoms with Crippen molar-refractivity contribution in [3.8, 4) is 0 Å². The predicted molar refractivity (Wildman–Crippen MR) is 85.3 cm³/mol. The molecule has 7 heteroatoms. The van der Waals surface area contributed by atoms with Gasteiger partial charge >= 0.3 is 5.97 Å². The van der Waals surface area contributed by atoms with Crippen LogP contribution in [0.5, 0.6) is 0 Å². The van der Waals surface area contributed by atoms with Gasteiger partial charge in [-0.2, -0.15) is 0 Å². The molecule has 4 nitrogen and oxygen atoms in total. The van der Waals surface area contributed by atoms with Crippen LogP contribution in [0.25, 0.3) is 0 Å². The topological polar surface area (TPSA) is 57.6 Å². The molecule has 0 aliphatic carbocycles. The lowest BCUT2D eigenvalue weighted by molar-refractivity contribution is -0.148. The molecule has 1 unspecified atom stereocenters. The molecule has 1 N–H and O–H groups in total. The van der Waals surface area contributed by atoms with Crippen LogP contribution >= 0.6 is 43.2 Å². The van der Waals surface area contributed by atoms with E-state index < -0.39 is 11.5 Å². The summed E-state index contributed by atoms with van der Waals surface area (Å²) >= 11 is 8.05. The highest BCUT2D eigenvalue weighted by molar-refractivity contribution is 9.13. The van der Waals surface area contributed by atoms with Gasteiger partial charge in [0.2, 0.25) is 0 Å². The van der Waals surface area contributed by atoms with Gasteiger partial charge in [-0.15, -0.1) is 11.3 Å². The quantitative estimate of drug-likeness (QED) is 0.790. The van der Waals surface area contributed by atoms with E-state index in [2.05, 4.69) is 31.9 Å². The van der Waals surface area contributed by atoms with Gasteiger partial charge in [0, 0.05) is 11.0 Å². The van der Waals surface area contributed by atoms with E-state index in [1.165, 1.54) is 11.3 Å². The molecule has 0 bridgehead atoms. The number of nitrogens with zero attached hydrogens (tertiary/aromatic N) is 1. The molecule has 110 valence electrons. The van der Waals surface area contributed by atoms with Crippen molar-refractivity contribution in [1.82, 2.24) is 4.90 Å². The number of carboxylic acid groups (broad SMARTS) is 1. The SMILES string of the molecule is CCCC1(C(=O)O)CCCN1C(=O)c1cc(Br)c(Br)s1. The monoisotopic (exact) mass is 423 g/mol. The maximum atomic E-state index is 12.6. The molecule has 1 aromatic heterocycles. The molecule has 0 spiro atoms. The Morgan fingerprint density at radius 2 is 2.20 bits per heavy atom. The number of amides is 1. The molecule has 20 heavy (non-hydrogen) atoms. The molecule has 1 saturated heterocycles. The average molecular weight is 425 g/mol. The van der Waals surface area contributed by atoms with E-state index in [4.69, 9.17) is 0 Å². The highest BCUT2D eigenvalue weighted by Gasteiger charge is 2.49. The Kier molecular flexibility index (Phi) is 4.92. The van der Waals surface area contributed by atoms with Gasteiger partial charge in [-0.1, -0.05) is 13.3 Å². The maximum absolute atomic E-state index is 12.6. The Balaban J connectivity index is 2.34. The molecule has 1 atom stereocenters. The molecule has 2 rings (SSSR count). The van der Waals surface area contributed by atoms with Gasteiger partial charge in [-0.25, -0.2) is 4.79 Å². The predicted octanol–water partition coefficient (Wildman–Crippen LogP) is 4.13. The Morgan fingerprint density at radius 3 is 2.70 bits per heavy atom. The summed E-state index contributed by atoms with van der Waals surface area (Å²) in [6, 6.07) is 1.74. The fraction of sp³-hybridized carbons (Fsp3) is 0.538. The summed E-state index contributed by atoms with van der Waals surface area (Å²) in [5.41, 5.74) is -1.03. The number of hydrogen-bond acceptors (Lipinski definition) is 3. The first-order chi connectivity index (χ1) is 9.42. The number of hydrogen-bond donors (Lipinski definition) is 1. The molecule has 1 aliphatic heterocycles. The minimum absolute atomic E-state index is 0.185. The number of halogens is 2. The molecular formula is C13H15Br2NO3S. The molecule has 0 saturated carbocycles. The zero-order valence-corrected chi connectivity index (χ0v) is 15.0. The number of carboxylic acids is 1. The number of rotatable bonds is 4. The molecule has 1 fully saturated rings. The molecular weight excluding hydrogens is 410 g/mol. The Bertz CT molecular complexity index is 526. The summed E-state index contributed by atoms with van der Waals surface area (Å²) in [5.74, 6) is -1.07. The van der Waals surface area contributed by atoms with E-state index in [0.717, 1.165) is 21.1 Å². The highest BCUT2D eigenvalue weighted by Crippen LogP contribution is 2.38. The van der Waals surface area contributed by atoms with Crippen molar-refractivity contribution in [2.24, 2.45) is 0 Å². The third kappa shape index (κ3) is 2.67. The Hall–Kier alpha value is -0.400. The van der Waals surface area contributed by atoms with Crippen molar-refractivity contribution in [1.29, 1.82) is 0 Å². The van der Waals surface area contributed by atoms with E-state index in [-0.39, 0.29) is 5.91 Å². The van der Waals surface area contributed by atoms with Gasteiger partial charge in [0.15, 0.2) is 0 Å². The second-order valence-electron chi connectivity index (χ2n) is 4.88. The van der Waals surface area contributed by atoms with Crippen molar-refractivity contribution < 1.29 is 14.7 Å². The second-order valence-corrected chi connectivity index (χ2v) is 8.10. The first-order valence-corrected chi connectivity index (χ1v) is 8.83. The summed E-state index contributed by atoms with van der Waals surface area (Å²) < 4.78 is 1.66. The third-order valence-corrected chi connectivity index (χ3v) is 6.90. The minimum Gasteiger partial charge on any atom is -0.479 e. The number of aliphatic carboxylic acids is 1. The fourth-order valence-corrected chi connectivity index (χ4v) is 4.75. The Labute approximate surface area is 138 Å². The maximum Gasteiger partial charge on any atom is 0.329 e. The Morgan fingerprint density at radius 1 is 1.50 bits per heavy atom. The van der Waals surface area contributed by atoms with E-state index in [9.17, 15) is 14.7 Å². The van der Waals surface area contributed by atoms with Crippen molar-refractivity contribution in [3.05, 3.63) is 19.2 Å². The second kappa shape index (κ2) is 6.15. The summed E-state index contributed by atoms with van der Waals surface area (Å²) in [5, 5.41) is 9.61. The first kappa shape index (κ1) is 16.0. The lowest BCUT2D eigenvalue weighted by atomic mass is 9.90. The zero-order chi connectivity index (χ0) is 14.9. The van der Waals surface area contributed by atoms with Gasteiger partial charge in [-0.05, 0) is 57.2 Å². The minimum atomic E-state index is -1.03. The first-order valence-electron chi connectivity index (χ1n) is 6.42. The van der Waals surface area contributed by atoms with E-state index in [0.29, 0.717) is 24.3 Å². The smallest absolute Gasteiger partial charge is 0.329 e. The lowest BCUT2D eigenvalue weighted by Crippen LogP contribution is -2.52. The molecule has 1 aromatic rings. The van der Waals surface area contributed by atoms with Gasteiger partial charge in [0.05, 0.1) is 8.66 Å². The molecule has 0 aromatic carbocycles. The van der Waals surface area contributed by atoms with Crippen molar-refractivity contribution in [2.45, 2.75) is 38.1 Å². The van der Waals surface area contributed by atoms with Crippen LogP contribution in [0.2, 0.25) is 0 Å². The van der Waals surface area contributed by atoms with Crippen LogP contribution in [-0.2, 0) is 4.79 Å². The van der Waals surface area contributed by atoms with Crippen molar-refractivity contribution in [3.63, 3.8) is 0 Å². The van der Waals surface area contributed by atoms with Gasteiger partial charge in [0.25, 0.3) is 5.91 Å². The van der Waals surface area contributed by atoms with Crippen LogP contribution in [0.4, 0.5) is 0 Å². The largest absolute Gasteiger partial charge is 0.479 e. The van der Waals surface area contributed by atoms with E-state index in [1.807, 2.05) is 6.92 Å². The standard InChI is InChI=1S/C13H15Br2NO3S/c1-2-4-13(12(18)19)5-3-6-16(13)11(17)9-7-8(14)10(15)20-9/h7H,2-6H2,1H3,(H,18,19). The summed E-state index contributed by atoms with van der Waals surface area (Å²) in [6.45, 7) is 2.46. The zero-order valence-electron chi connectivity index (χ0n) is 11.0. The molecule has 1 amide bonds. The number of likely N-dealkylation sites (tertiary alicyclic amines) is 1. The highest BCUT2D eigenvalue weighted by atomic mass is 79.9. The van der Waals surface area contributed by atoms with Crippen LogP contribution in [0.1, 0.15) is 42.3 Å². The van der Waals surface area contributed by atoms with Gasteiger partial charge < -0.3 is 10.0 Å². The molecule has 0 radical (unpaired) electrons. The van der Waals surface area contributed by atoms with Crippen LogP contribution in [0, 0.1) is 0 Å². The van der Waals surface area contributed by atoms with Crippen LogP contribution in [0.3, 0.4) is 0 Å². The average Bonchev–Trinajstić information content (AvgIpc) is 2.95. The lowest BCUT2D eigenvalue weighted by Gasteiger charge is -2.34. The number of carbonyl (C=O) groups excluding carboxylic acids is 1. The fourth-order valence-electron chi connectivity index (χ4n) is 2.76. The van der Waals surface area contributed by atoms with Crippen LogP contribution in [-0.4, -0.2) is 34.0 Å². The van der Waals surface area contributed by atoms with Gasteiger partial charge in [0.1, 0.15) is 5.54 Å². The van der Waals surface area contributed by atoms with Crippen molar-refractivity contribution >= 4 is 55.1 Å². The van der Waals surface area contributed by atoms with Crippen molar-refractivity contribution in [2.75, 3.05) is 6.54 Å². The van der Waals surface area contributed by atoms with E-state index >= 15 is 0 Å². The molecule has 2 heterocycles. The number of carbonyl (C=O) groups is 2. The van der Waals surface area contributed by atoms with E-state index in [1.54, 1.807) is 11.0 Å². The van der Waals surface area contributed by atoms with Crippen LogP contribution < -0.4 is 0 Å². The summed E-state index contributed by atoms with van der Waals surface area (Å²) in [6.07, 6.45) is 2.52. The summed E-state index contributed by atoms with van der Waals surface area (Å²) in [4.78, 5) is 26.5. The number of thiophene rings is 1. The summed E-state index contributed by atoms with van der Waals surface area (Å²) in [7, 11) is 0.